The number of amides is 1. The number of morpholine rings is 1. The summed E-state index contributed by atoms with van der Waals surface area (Å²) >= 11 is 0. The summed E-state index contributed by atoms with van der Waals surface area (Å²) < 4.78 is 54.0. The highest BCUT2D eigenvalue weighted by Crippen LogP contribution is 2.53. The van der Waals surface area contributed by atoms with Gasteiger partial charge in [-0.15, -0.1) is 0 Å². The Bertz CT molecular complexity index is 2060. The van der Waals surface area contributed by atoms with Crippen molar-refractivity contribution in [3.05, 3.63) is 48.2 Å². The summed E-state index contributed by atoms with van der Waals surface area (Å²) in [7, 11) is 0. The number of likely N-dealkylation sites (tertiary alicyclic amines) is 1. The lowest BCUT2D eigenvalue weighted by molar-refractivity contribution is -0.153. The number of piperidine rings is 1. The van der Waals surface area contributed by atoms with Crippen molar-refractivity contribution >= 4 is 39.5 Å². The van der Waals surface area contributed by atoms with Gasteiger partial charge in [-0.1, -0.05) is 12.6 Å². The molecule has 14 heteroatoms. The molecule has 4 aromatic rings. The molecule has 1 saturated carbocycles. The maximum absolute atomic E-state index is 14.1. The highest BCUT2D eigenvalue weighted by atomic mass is 19.4. The monoisotopic (exact) mass is 730 g/mol. The van der Waals surface area contributed by atoms with Crippen LogP contribution in [0.1, 0.15) is 49.1 Å². The molecule has 53 heavy (non-hydrogen) atoms. The van der Waals surface area contributed by atoms with E-state index in [9.17, 15) is 18.0 Å². The maximum atomic E-state index is 14.1. The van der Waals surface area contributed by atoms with E-state index in [0.29, 0.717) is 67.8 Å². The van der Waals surface area contributed by atoms with Crippen LogP contribution in [0.2, 0.25) is 0 Å². The zero-order valence-corrected chi connectivity index (χ0v) is 30.1. The lowest BCUT2D eigenvalue weighted by Crippen LogP contribution is -2.61. The predicted octanol–water partition coefficient (Wildman–Crippen LogP) is 5.83. The van der Waals surface area contributed by atoms with Crippen LogP contribution in [0.15, 0.2) is 37.1 Å². The number of rotatable bonds is 8. The van der Waals surface area contributed by atoms with E-state index >= 15 is 0 Å². The highest BCUT2D eigenvalue weighted by Gasteiger charge is 2.47. The van der Waals surface area contributed by atoms with Crippen molar-refractivity contribution in [1.29, 1.82) is 0 Å². The van der Waals surface area contributed by atoms with Crippen LogP contribution in [-0.4, -0.2) is 120 Å². The molecular weight excluding hydrogens is 685 g/mol. The largest absolute Gasteiger partial charge is 0.481 e. The third-order valence-corrected chi connectivity index (χ3v) is 12.1. The van der Waals surface area contributed by atoms with Crippen LogP contribution in [-0.2, 0) is 9.53 Å². The van der Waals surface area contributed by atoms with E-state index in [1.165, 1.54) is 6.08 Å². The summed E-state index contributed by atoms with van der Waals surface area (Å²) in [5, 5.41) is 8.89. The molecule has 11 nitrogen and oxygen atoms in total. The standard InChI is InChI=1S/C39H45F3N8O3/c1-3-31(51)50-21-38(22-50)9-12-48(13-10-38)36-28-18-27(25-5-6-25)33(32-24(2)4-7-30-29(32)19-43-46-30)35(53-23-39(40,41)42)34(28)44-37(45-36)49-11-8-26(20-49)47-14-16-52-17-15-47/h3-4,7,18-19,25-26H,1,5-6,8-17,20-23H2,2H3,(H,43,46)/t26-/m0/s1. The number of ether oxygens (including phenoxy) is 2. The second-order valence-corrected chi connectivity index (χ2v) is 15.6. The Morgan fingerprint density at radius 1 is 1.04 bits per heavy atom. The van der Waals surface area contributed by atoms with Gasteiger partial charge in [-0.05, 0) is 79.8 Å². The Labute approximate surface area is 306 Å². The van der Waals surface area contributed by atoms with Gasteiger partial charge in [0.2, 0.25) is 11.9 Å². The van der Waals surface area contributed by atoms with E-state index < -0.39 is 12.8 Å². The van der Waals surface area contributed by atoms with Gasteiger partial charge in [-0.2, -0.15) is 23.3 Å². The van der Waals surface area contributed by atoms with E-state index in [-0.39, 0.29) is 23.0 Å². The van der Waals surface area contributed by atoms with Gasteiger partial charge in [-0.3, -0.25) is 14.8 Å². The summed E-state index contributed by atoms with van der Waals surface area (Å²) in [5.74, 6) is 1.53. The van der Waals surface area contributed by atoms with Crippen LogP contribution in [0.4, 0.5) is 24.9 Å². The third kappa shape index (κ3) is 6.37. The number of halogens is 3. The molecule has 4 saturated heterocycles. The Hall–Kier alpha value is -4.43. The van der Waals surface area contributed by atoms with Crippen molar-refractivity contribution in [2.24, 2.45) is 5.41 Å². The molecule has 1 spiro atoms. The number of nitrogens with one attached hydrogen (secondary N) is 1. The van der Waals surface area contributed by atoms with E-state index in [4.69, 9.17) is 19.4 Å². The number of aryl methyl sites for hydroxylation is 1. The zero-order valence-electron chi connectivity index (χ0n) is 30.1. The van der Waals surface area contributed by atoms with Gasteiger partial charge in [0.25, 0.3) is 0 Å². The van der Waals surface area contributed by atoms with Gasteiger partial charge >= 0.3 is 6.18 Å². The molecule has 9 rings (SSSR count). The van der Waals surface area contributed by atoms with E-state index in [0.717, 1.165) is 91.7 Å². The normalized spacial score (nSPS) is 22.2. The van der Waals surface area contributed by atoms with Crippen molar-refractivity contribution in [3.63, 3.8) is 0 Å². The summed E-state index contributed by atoms with van der Waals surface area (Å²) in [6, 6.07) is 6.37. The molecule has 5 aliphatic rings. The quantitative estimate of drug-likeness (QED) is 0.225. The minimum Gasteiger partial charge on any atom is -0.481 e. The Balaban J connectivity index is 1.19. The molecule has 5 fully saturated rings. The second-order valence-electron chi connectivity index (χ2n) is 15.6. The number of benzene rings is 2. The Morgan fingerprint density at radius 3 is 2.53 bits per heavy atom. The van der Waals surface area contributed by atoms with Crippen LogP contribution in [0.3, 0.4) is 0 Å². The molecule has 1 atom stereocenters. The first-order chi connectivity index (χ1) is 25.6. The fourth-order valence-electron chi connectivity index (χ4n) is 9.06. The lowest BCUT2D eigenvalue weighted by atomic mass is 9.72. The van der Waals surface area contributed by atoms with Gasteiger partial charge in [0.05, 0.1) is 24.9 Å². The van der Waals surface area contributed by atoms with Gasteiger partial charge in [-0.25, -0.2) is 4.98 Å². The second kappa shape index (κ2) is 13.2. The third-order valence-electron chi connectivity index (χ3n) is 12.1. The average molecular weight is 731 g/mol. The number of nitrogens with zero attached hydrogens (tertiary/aromatic N) is 7. The smallest absolute Gasteiger partial charge is 0.422 e. The number of anilines is 2. The van der Waals surface area contributed by atoms with E-state index in [1.54, 1.807) is 6.20 Å². The number of hydrogen-bond donors (Lipinski definition) is 1. The molecule has 1 aliphatic carbocycles. The van der Waals surface area contributed by atoms with Gasteiger partial charge in [0.1, 0.15) is 11.3 Å². The molecule has 4 aliphatic heterocycles. The SMILES string of the molecule is C=CC(=O)N1CC2(CCN(c3nc(N4CC[C@H](N5CCOCC5)C4)nc4c(OCC(F)(F)F)c(-c5c(C)ccc6[nH]ncc56)c(C5CC5)cc34)CC2)C1. The van der Waals surface area contributed by atoms with Crippen LogP contribution >= 0.6 is 0 Å². The summed E-state index contributed by atoms with van der Waals surface area (Å²) in [6.07, 6.45) is 3.13. The number of H-pyrrole nitrogens is 1. The number of carbonyl (C=O) groups is 1. The van der Waals surface area contributed by atoms with Crippen molar-refractivity contribution in [2.45, 2.75) is 57.2 Å². The molecule has 2 aromatic carbocycles. The van der Waals surface area contributed by atoms with Crippen LogP contribution in [0, 0.1) is 12.3 Å². The van der Waals surface area contributed by atoms with Crippen LogP contribution < -0.4 is 14.5 Å². The molecule has 0 bridgehead atoms. The number of hydrogen-bond acceptors (Lipinski definition) is 9. The Morgan fingerprint density at radius 2 is 1.81 bits per heavy atom. The van der Waals surface area contributed by atoms with E-state index in [2.05, 4.69) is 37.5 Å². The zero-order chi connectivity index (χ0) is 36.5. The van der Waals surface area contributed by atoms with Gasteiger partial charge in [0, 0.05) is 80.2 Å². The molecule has 280 valence electrons. The van der Waals surface area contributed by atoms with Crippen LogP contribution in [0.5, 0.6) is 5.75 Å². The minimum absolute atomic E-state index is 0.0402. The number of alkyl halides is 3. The summed E-state index contributed by atoms with van der Waals surface area (Å²) in [4.78, 5) is 31.5. The highest BCUT2D eigenvalue weighted by molar-refractivity contribution is 6.06. The number of aromatic nitrogens is 4. The van der Waals surface area contributed by atoms with Crippen LogP contribution in [0.25, 0.3) is 32.9 Å². The lowest BCUT2D eigenvalue weighted by Gasteiger charge is -2.54. The summed E-state index contributed by atoms with van der Waals surface area (Å²) in [6.45, 7) is 11.7. The molecular formula is C39H45F3N8O3. The molecule has 0 unspecified atom stereocenters. The van der Waals surface area contributed by atoms with Gasteiger partial charge < -0.3 is 24.2 Å². The fourth-order valence-corrected chi connectivity index (χ4v) is 9.06. The number of aromatic amines is 1. The number of fused-ring (bicyclic) bond motifs is 2. The fraction of sp³-hybridized carbons (Fsp3) is 0.538. The minimum atomic E-state index is -4.56. The summed E-state index contributed by atoms with van der Waals surface area (Å²) in [5.41, 5.74) is 4.61. The molecule has 1 amide bonds. The molecule has 1 N–H and O–H groups in total. The maximum Gasteiger partial charge on any atom is 0.422 e. The van der Waals surface area contributed by atoms with Gasteiger partial charge in [0.15, 0.2) is 12.4 Å². The van der Waals surface area contributed by atoms with Crippen molar-refractivity contribution in [1.82, 2.24) is 30.0 Å². The van der Waals surface area contributed by atoms with Crippen molar-refractivity contribution in [3.8, 4) is 16.9 Å². The Kier molecular flexibility index (Phi) is 8.52. The first-order valence-corrected chi connectivity index (χ1v) is 18.8. The van der Waals surface area contributed by atoms with Crippen molar-refractivity contribution in [2.75, 3.05) is 82.0 Å². The molecule has 6 heterocycles. The molecule has 0 radical (unpaired) electrons. The topological polar surface area (TPSA) is 103 Å². The van der Waals surface area contributed by atoms with Crippen molar-refractivity contribution < 1.29 is 27.4 Å². The molecule has 2 aromatic heterocycles. The van der Waals surface area contributed by atoms with E-state index in [1.807, 2.05) is 24.0 Å². The first kappa shape index (κ1) is 34.3. The average Bonchev–Trinajstić information content (AvgIpc) is 3.67. The number of carbonyl (C=O) groups excluding carboxylic acids is 1. The predicted molar refractivity (Wildman–Crippen MR) is 197 cm³/mol. The first-order valence-electron chi connectivity index (χ1n) is 18.8.